The highest BCUT2D eigenvalue weighted by molar-refractivity contribution is 5.96. The summed E-state index contributed by atoms with van der Waals surface area (Å²) >= 11 is 0. The fraction of sp³-hybridized carbons (Fsp3) is 0.182. The van der Waals surface area contributed by atoms with Gasteiger partial charge in [0.1, 0.15) is 0 Å². The van der Waals surface area contributed by atoms with Crippen LogP contribution in [0.4, 0.5) is 0 Å². The summed E-state index contributed by atoms with van der Waals surface area (Å²) in [5.74, 6) is 0.120. The first-order valence-electron chi connectivity index (χ1n) is 4.00. The molecule has 0 fully saturated rings. The lowest BCUT2D eigenvalue weighted by atomic mass is 10.0. The predicted molar refractivity (Wildman–Crippen MR) is 47.1 cm³/mol. The number of carbonyl (C=O) groups excluding carboxylic acids is 1. The van der Waals surface area contributed by atoms with Crippen LogP contribution in [-0.2, 0) is 6.42 Å². The Morgan fingerprint density at radius 1 is 1.50 bits per heavy atom. The van der Waals surface area contributed by atoms with Crippen molar-refractivity contribution in [1.29, 1.82) is 0 Å². The molecule has 59 valence electrons. The van der Waals surface area contributed by atoms with Crippen molar-refractivity contribution in [1.82, 2.24) is 0 Å². The molecule has 1 aromatic carbocycles. The molecule has 0 atom stereocenters. The molecule has 2 rings (SSSR count). The van der Waals surface area contributed by atoms with E-state index in [9.17, 15) is 4.79 Å². The molecule has 1 radical (unpaired) electrons. The average molecular weight is 157 g/mol. The molecule has 1 aromatic rings. The molecular weight excluding hydrogens is 148 g/mol. The first kappa shape index (κ1) is 7.29. The Bertz CT molecular complexity index is 361. The standard InChI is InChI=1S/C11H9O/c1-8(12)10-6-2-4-9-5-3-7-11(9)10/h2-4,6H,5H2,1H3. The number of fused-ring (bicyclic) bond motifs is 1. The molecule has 0 aliphatic heterocycles. The van der Waals surface area contributed by atoms with Crippen molar-refractivity contribution in [2.45, 2.75) is 13.3 Å². The Labute approximate surface area is 71.7 Å². The van der Waals surface area contributed by atoms with E-state index in [1.165, 1.54) is 5.56 Å². The second kappa shape index (κ2) is 2.59. The first-order valence-corrected chi connectivity index (χ1v) is 4.00. The molecule has 1 nitrogen and oxygen atoms in total. The van der Waals surface area contributed by atoms with Gasteiger partial charge in [-0.25, -0.2) is 0 Å². The van der Waals surface area contributed by atoms with E-state index in [0.717, 1.165) is 17.5 Å². The largest absolute Gasteiger partial charge is 0.294 e. The Morgan fingerprint density at radius 2 is 2.33 bits per heavy atom. The number of Topliss-reactive ketones (excluding diaryl/α,β-unsaturated/α-hetero) is 1. The quantitative estimate of drug-likeness (QED) is 0.571. The fourth-order valence-corrected chi connectivity index (χ4v) is 1.50. The van der Waals surface area contributed by atoms with Crippen LogP contribution in [0.5, 0.6) is 0 Å². The molecule has 1 aliphatic rings. The summed E-state index contributed by atoms with van der Waals surface area (Å²) in [6.07, 6.45) is 5.99. The minimum Gasteiger partial charge on any atom is -0.294 e. The topological polar surface area (TPSA) is 17.1 Å². The summed E-state index contributed by atoms with van der Waals surface area (Å²) in [7, 11) is 0. The van der Waals surface area contributed by atoms with Crippen molar-refractivity contribution in [3.8, 4) is 0 Å². The van der Waals surface area contributed by atoms with Gasteiger partial charge in [-0.15, -0.1) is 0 Å². The van der Waals surface area contributed by atoms with E-state index in [0.29, 0.717) is 0 Å². The minimum atomic E-state index is 0.120. The highest BCUT2D eigenvalue weighted by Crippen LogP contribution is 2.21. The summed E-state index contributed by atoms with van der Waals surface area (Å²) in [4.78, 5) is 11.2. The zero-order valence-corrected chi connectivity index (χ0v) is 6.92. The van der Waals surface area contributed by atoms with Crippen LogP contribution in [0.1, 0.15) is 28.4 Å². The van der Waals surface area contributed by atoms with Crippen molar-refractivity contribution >= 4 is 5.78 Å². The number of hydrogen-bond donors (Lipinski definition) is 0. The second-order valence-corrected chi connectivity index (χ2v) is 2.95. The van der Waals surface area contributed by atoms with Crippen LogP contribution in [0, 0.1) is 6.08 Å². The van der Waals surface area contributed by atoms with Gasteiger partial charge in [-0.05, 0) is 30.5 Å². The van der Waals surface area contributed by atoms with Crippen molar-refractivity contribution in [3.63, 3.8) is 0 Å². The van der Waals surface area contributed by atoms with Crippen LogP contribution in [0.15, 0.2) is 24.3 Å². The molecule has 0 heterocycles. The van der Waals surface area contributed by atoms with Crippen LogP contribution in [0.2, 0.25) is 0 Å². The monoisotopic (exact) mass is 157 g/mol. The highest BCUT2D eigenvalue weighted by atomic mass is 16.1. The van der Waals surface area contributed by atoms with Gasteiger partial charge in [0.25, 0.3) is 0 Å². The summed E-state index contributed by atoms with van der Waals surface area (Å²) in [5.41, 5.74) is 2.99. The van der Waals surface area contributed by atoms with Crippen LogP contribution < -0.4 is 0 Å². The Balaban J connectivity index is 2.63. The highest BCUT2D eigenvalue weighted by Gasteiger charge is 2.11. The van der Waals surface area contributed by atoms with Crippen molar-refractivity contribution < 1.29 is 4.79 Å². The number of rotatable bonds is 1. The third-order valence-corrected chi connectivity index (χ3v) is 2.10. The molecule has 1 aliphatic carbocycles. The van der Waals surface area contributed by atoms with Crippen LogP contribution in [0.25, 0.3) is 0 Å². The van der Waals surface area contributed by atoms with Gasteiger partial charge in [0.2, 0.25) is 0 Å². The molecule has 12 heavy (non-hydrogen) atoms. The first-order chi connectivity index (χ1) is 5.79. The Kier molecular flexibility index (Phi) is 1.58. The number of hydrogen-bond acceptors (Lipinski definition) is 1. The molecule has 0 spiro atoms. The molecule has 0 amide bonds. The van der Waals surface area contributed by atoms with Gasteiger partial charge < -0.3 is 0 Å². The minimum absolute atomic E-state index is 0.120. The van der Waals surface area contributed by atoms with Gasteiger partial charge in [-0.2, -0.15) is 0 Å². The number of allylic oxidation sites excluding steroid dienone is 1. The van der Waals surface area contributed by atoms with Gasteiger partial charge in [-0.3, -0.25) is 4.79 Å². The molecule has 0 N–H and O–H groups in total. The fourth-order valence-electron chi connectivity index (χ4n) is 1.50. The third-order valence-electron chi connectivity index (χ3n) is 2.10. The van der Waals surface area contributed by atoms with Gasteiger partial charge in [0.05, 0.1) is 0 Å². The smallest absolute Gasteiger partial charge is 0.160 e. The van der Waals surface area contributed by atoms with Crippen LogP contribution >= 0.6 is 0 Å². The van der Waals surface area contributed by atoms with Gasteiger partial charge in [0.15, 0.2) is 5.78 Å². The lowest BCUT2D eigenvalue weighted by Gasteiger charge is -2.02. The van der Waals surface area contributed by atoms with E-state index < -0.39 is 0 Å². The van der Waals surface area contributed by atoms with Gasteiger partial charge in [0, 0.05) is 5.56 Å². The maximum atomic E-state index is 11.2. The summed E-state index contributed by atoms with van der Waals surface area (Å²) in [6.45, 7) is 1.59. The molecule has 0 aromatic heterocycles. The number of ketones is 1. The third kappa shape index (κ3) is 0.981. The van der Waals surface area contributed by atoms with Crippen molar-refractivity contribution in [3.05, 3.63) is 47.0 Å². The molecule has 0 saturated heterocycles. The zero-order chi connectivity index (χ0) is 8.55. The van der Waals surface area contributed by atoms with Crippen LogP contribution in [0.3, 0.4) is 0 Å². The second-order valence-electron chi connectivity index (χ2n) is 2.95. The van der Waals surface area contributed by atoms with Crippen molar-refractivity contribution in [2.24, 2.45) is 0 Å². The van der Waals surface area contributed by atoms with Crippen molar-refractivity contribution in [2.75, 3.05) is 0 Å². The van der Waals surface area contributed by atoms with E-state index in [-0.39, 0.29) is 5.78 Å². The zero-order valence-electron chi connectivity index (χ0n) is 6.92. The van der Waals surface area contributed by atoms with Gasteiger partial charge in [-0.1, -0.05) is 24.3 Å². The van der Waals surface area contributed by atoms with Crippen LogP contribution in [-0.4, -0.2) is 5.78 Å². The van der Waals surface area contributed by atoms with E-state index in [2.05, 4.69) is 6.08 Å². The maximum absolute atomic E-state index is 11.2. The van der Waals surface area contributed by atoms with E-state index in [4.69, 9.17) is 0 Å². The van der Waals surface area contributed by atoms with E-state index >= 15 is 0 Å². The molecule has 0 saturated carbocycles. The summed E-state index contributed by atoms with van der Waals surface area (Å²) < 4.78 is 0. The molecule has 1 heteroatoms. The molecular formula is C11H9O. The summed E-state index contributed by atoms with van der Waals surface area (Å²) in [5, 5.41) is 0. The normalized spacial score (nSPS) is 13.1. The SMILES string of the molecule is CC(=O)c1cccc2c1[C]=CC2. The maximum Gasteiger partial charge on any atom is 0.160 e. The lowest BCUT2D eigenvalue weighted by molar-refractivity contribution is 0.101. The molecule has 0 unspecified atom stereocenters. The van der Waals surface area contributed by atoms with Gasteiger partial charge >= 0.3 is 0 Å². The number of carbonyl (C=O) groups is 1. The average Bonchev–Trinajstić information content (AvgIpc) is 2.49. The van der Waals surface area contributed by atoms with E-state index in [1.807, 2.05) is 24.3 Å². The predicted octanol–water partition coefficient (Wildman–Crippen LogP) is 2.15. The lowest BCUT2D eigenvalue weighted by Crippen LogP contribution is -1.97. The Morgan fingerprint density at radius 3 is 3.08 bits per heavy atom. The summed E-state index contributed by atoms with van der Waals surface area (Å²) in [6, 6.07) is 5.82. The molecule has 0 bridgehead atoms. The Hall–Kier alpha value is -1.37. The van der Waals surface area contributed by atoms with E-state index in [1.54, 1.807) is 6.92 Å². The number of benzene rings is 1.